The van der Waals surface area contributed by atoms with E-state index in [4.69, 9.17) is 23.2 Å². The van der Waals surface area contributed by atoms with Crippen molar-refractivity contribution in [2.75, 3.05) is 10.6 Å². The van der Waals surface area contributed by atoms with Crippen molar-refractivity contribution in [2.45, 2.75) is 23.5 Å². The Kier molecular flexibility index (Phi) is 10.8. The standard InChI is InChI=1S/C32H26Cl2FN3O3S/c1-2-28(32(41)37-26-17-9-15-24(33)29(26)34)42-23-14-8-13-22(19-23)36-31(40)27(18-21-12-6-7-16-25(21)35)38-30(39)20-10-4-3-5-11-20/h3-19,28H,2H2,1H3,(H,36,40)(H,37,41)(H,38,39)/b27-18-. The molecule has 0 fully saturated rings. The third-order valence-corrected chi connectivity index (χ3v) is 8.15. The summed E-state index contributed by atoms with van der Waals surface area (Å²) in [6.07, 6.45) is 1.80. The van der Waals surface area contributed by atoms with Gasteiger partial charge in [0.25, 0.3) is 11.8 Å². The Bertz CT molecular complexity index is 1630. The Labute approximate surface area is 257 Å². The first kappa shape index (κ1) is 30.8. The second kappa shape index (κ2) is 14.7. The maximum absolute atomic E-state index is 14.4. The molecule has 0 spiro atoms. The Balaban J connectivity index is 1.51. The van der Waals surface area contributed by atoms with Gasteiger partial charge in [0, 0.05) is 21.7 Å². The summed E-state index contributed by atoms with van der Waals surface area (Å²) in [6.45, 7) is 1.89. The number of anilines is 2. The van der Waals surface area contributed by atoms with Crippen LogP contribution in [0.15, 0.2) is 108 Å². The maximum atomic E-state index is 14.4. The van der Waals surface area contributed by atoms with E-state index in [-0.39, 0.29) is 22.2 Å². The fraction of sp³-hybridized carbons (Fsp3) is 0.0938. The molecule has 0 radical (unpaired) electrons. The van der Waals surface area contributed by atoms with Gasteiger partial charge < -0.3 is 16.0 Å². The highest BCUT2D eigenvalue weighted by atomic mass is 35.5. The number of rotatable bonds is 10. The zero-order chi connectivity index (χ0) is 30.1. The average Bonchev–Trinajstić information content (AvgIpc) is 2.99. The first-order chi connectivity index (χ1) is 20.2. The second-order valence-electron chi connectivity index (χ2n) is 8.99. The molecule has 10 heteroatoms. The van der Waals surface area contributed by atoms with Gasteiger partial charge in [-0.3, -0.25) is 14.4 Å². The lowest BCUT2D eigenvalue weighted by molar-refractivity contribution is -0.116. The van der Waals surface area contributed by atoms with Gasteiger partial charge in [0.1, 0.15) is 11.5 Å². The lowest BCUT2D eigenvalue weighted by atomic mass is 10.1. The molecule has 0 saturated heterocycles. The van der Waals surface area contributed by atoms with E-state index < -0.39 is 22.9 Å². The third kappa shape index (κ3) is 8.22. The predicted molar refractivity (Wildman–Crippen MR) is 168 cm³/mol. The van der Waals surface area contributed by atoms with Crippen LogP contribution in [0.4, 0.5) is 15.8 Å². The van der Waals surface area contributed by atoms with Gasteiger partial charge in [-0.15, -0.1) is 11.8 Å². The fourth-order valence-electron chi connectivity index (χ4n) is 3.84. The van der Waals surface area contributed by atoms with E-state index in [1.54, 1.807) is 72.8 Å². The van der Waals surface area contributed by atoms with Gasteiger partial charge in [0.05, 0.1) is 21.0 Å². The smallest absolute Gasteiger partial charge is 0.272 e. The minimum absolute atomic E-state index is 0.136. The molecule has 42 heavy (non-hydrogen) atoms. The molecule has 1 unspecified atom stereocenters. The van der Waals surface area contributed by atoms with Crippen LogP contribution in [0.2, 0.25) is 10.0 Å². The van der Waals surface area contributed by atoms with Crippen LogP contribution >= 0.6 is 35.0 Å². The molecule has 0 saturated carbocycles. The summed E-state index contributed by atoms with van der Waals surface area (Å²) in [6, 6.07) is 26.2. The second-order valence-corrected chi connectivity index (χ2v) is 11.0. The Morgan fingerprint density at radius 3 is 2.33 bits per heavy atom. The number of amides is 3. The molecule has 214 valence electrons. The molecule has 0 aliphatic carbocycles. The monoisotopic (exact) mass is 621 g/mol. The zero-order valence-electron chi connectivity index (χ0n) is 22.4. The predicted octanol–water partition coefficient (Wildman–Crippen LogP) is 8.05. The van der Waals surface area contributed by atoms with Crippen LogP contribution in [0.25, 0.3) is 6.08 Å². The summed E-state index contributed by atoms with van der Waals surface area (Å²) in [5.41, 5.74) is 1.17. The van der Waals surface area contributed by atoms with Gasteiger partial charge in [0.15, 0.2) is 0 Å². The molecular formula is C32H26Cl2FN3O3S. The number of hydrogen-bond donors (Lipinski definition) is 3. The van der Waals surface area contributed by atoms with Gasteiger partial charge in [0.2, 0.25) is 5.91 Å². The van der Waals surface area contributed by atoms with Crippen LogP contribution in [0.5, 0.6) is 0 Å². The molecule has 3 amide bonds. The van der Waals surface area contributed by atoms with Crippen LogP contribution in [-0.4, -0.2) is 23.0 Å². The number of thioether (sulfide) groups is 1. The zero-order valence-corrected chi connectivity index (χ0v) is 24.7. The van der Waals surface area contributed by atoms with E-state index in [0.29, 0.717) is 28.4 Å². The van der Waals surface area contributed by atoms with Crippen LogP contribution in [0.3, 0.4) is 0 Å². The summed E-state index contributed by atoms with van der Waals surface area (Å²) in [4.78, 5) is 39.9. The van der Waals surface area contributed by atoms with Gasteiger partial charge in [-0.05, 0) is 61.0 Å². The SMILES string of the molecule is CCC(Sc1cccc(NC(=O)/C(=C/c2ccccc2F)NC(=O)c2ccccc2)c1)C(=O)Nc1cccc(Cl)c1Cl. The lowest BCUT2D eigenvalue weighted by Gasteiger charge is -2.16. The van der Waals surface area contributed by atoms with Gasteiger partial charge in [-0.2, -0.15) is 0 Å². The van der Waals surface area contributed by atoms with Crippen molar-refractivity contribution in [2.24, 2.45) is 0 Å². The number of benzene rings is 4. The topological polar surface area (TPSA) is 87.3 Å². The molecule has 4 aromatic carbocycles. The number of halogens is 3. The summed E-state index contributed by atoms with van der Waals surface area (Å²) < 4.78 is 14.4. The van der Waals surface area contributed by atoms with Gasteiger partial charge >= 0.3 is 0 Å². The number of carbonyl (C=O) groups is 3. The Morgan fingerprint density at radius 1 is 0.881 bits per heavy atom. The van der Waals surface area contributed by atoms with Gasteiger partial charge in [-0.25, -0.2) is 4.39 Å². The van der Waals surface area contributed by atoms with E-state index in [1.165, 1.54) is 36.0 Å². The third-order valence-electron chi connectivity index (χ3n) is 5.98. The van der Waals surface area contributed by atoms with Crippen LogP contribution in [0, 0.1) is 5.82 Å². The number of carbonyl (C=O) groups excluding carboxylic acids is 3. The highest BCUT2D eigenvalue weighted by Gasteiger charge is 2.21. The van der Waals surface area contributed by atoms with Gasteiger partial charge in [-0.1, -0.05) is 78.7 Å². The molecule has 4 aromatic rings. The molecule has 6 nitrogen and oxygen atoms in total. The molecule has 0 aliphatic heterocycles. The minimum atomic E-state index is -0.648. The average molecular weight is 623 g/mol. The van der Waals surface area contributed by atoms with E-state index in [9.17, 15) is 18.8 Å². The number of hydrogen-bond acceptors (Lipinski definition) is 4. The van der Waals surface area contributed by atoms with Crippen LogP contribution in [0.1, 0.15) is 29.3 Å². The molecule has 0 aliphatic rings. The maximum Gasteiger partial charge on any atom is 0.272 e. The summed E-state index contributed by atoms with van der Waals surface area (Å²) in [5, 5.41) is 8.31. The molecule has 4 rings (SSSR count). The normalized spacial score (nSPS) is 11.9. The number of nitrogens with one attached hydrogen (secondary N) is 3. The lowest BCUT2D eigenvalue weighted by Crippen LogP contribution is -2.30. The van der Waals surface area contributed by atoms with E-state index in [0.717, 1.165) is 4.90 Å². The highest BCUT2D eigenvalue weighted by molar-refractivity contribution is 8.00. The van der Waals surface area contributed by atoms with E-state index >= 15 is 0 Å². The van der Waals surface area contributed by atoms with Crippen LogP contribution in [-0.2, 0) is 9.59 Å². The van der Waals surface area contributed by atoms with Crippen molar-refractivity contribution in [1.82, 2.24) is 5.32 Å². The Hall–Kier alpha value is -4.11. The minimum Gasteiger partial charge on any atom is -0.324 e. The van der Waals surface area contributed by atoms with Crippen LogP contribution < -0.4 is 16.0 Å². The first-order valence-electron chi connectivity index (χ1n) is 12.9. The fourth-order valence-corrected chi connectivity index (χ4v) is 5.20. The molecule has 3 N–H and O–H groups in total. The quantitative estimate of drug-likeness (QED) is 0.123. The highest BCUT2D eigenvalue weighted by Crippen LogP contribution is 2.32. The summed E-state index contributed by atoms with van der Waals surface area (Å²) >= 11 is 13.6. The van der Waals surface area contributed by atoms with Crippen molar-refractivity contribution in [3.8, 4) is 0 Å². The molecular weight excluding hydrogens is 596 g/mol. The molecule has 1 atom stereocenters. The van der Waals surface area contributed by atoms with E-state index in [2.05, 4.69) is 16.0 Å². The van der Waals surface area contributed by atoms with Crippen molar-refractivity contribution in [3.63, 3.8) is 0 Å². The van der Waals surface area contributed by atoms with E-state index in [1.807, 2.05) is 13.0 Å². The summed E-state index contributed by atoms with van der Waals surface area (Å²) in [5.74, 6) is -1.96. The molecule has 0 aromatic heterocycles. The largest absolute Gasteiger partial charge is 0.324 e. The molecule has 0 bridgehead atoms. The van der Waals surface area contributed by atoms with Crippen molar-refractivity contribution < 1.29 is 18.8 Å². The Morgan fingerprint density at radius 2 is 1.60 bits per heavy atom. The van der Waals surface area contributed by atoms with Crippen molar-refractivity contribution in [3.05, 3.63) is 130 Å². The first-order valence-corrected chi connectivity index (χ1v) is 14.5. The van der Waals surface area contributed by atoms with Crippen molar-refractivity contribution in [1.29, 1.82) is 0 Å². The molecule has 0 heterocycles. The summed E-state index contributed by atoms with van der Waals surface area (Å²) in [7, 11) is 0. The van der Waals surface area contributed by atoms with Crippen molar-refractivity contribution >= 4 is 70.1 Å².